The van der Waals surface area contributed by atoms with Gasteiger partial charge in [0, 0.05) is 18.1 Å². The quantitative estimate of drug-likeness (QED) is 0.700. The number of nitrogens with one attached hydrogen (secondary N) is 2. The first kappa shape index (κ1) is 10.9. The second kappa shape index (κ2) is 4.91. The van der Waals surface area contributed by atoms with E-state index in [2.05, 4.69) is 24.5 Å². The number of hydrogen-bond donors (Lipinski definition) is 2. The summed E-state index contributed by atoms with van der Waals surface area (Å²) in [6, 6.07) is 0.833. The van der Waals surface area contributed by atoms with Gasteiger partial charge >= 0.3 is 0 Å². The van der Waals surface area contributed by atoms with Crippen molar-refractivity contribution in [2.75, 3.05) is 7.05 Å². The lowest BCUT2D eigenvalue weighted by atomic mass is 9.89. The maximum atomic E-state index is 13.5. The number of halogens is 1. The van der Waals surface area contributed by atoms with Crippen LogP contribution < -0.4 is 10.6 Å². The van der Waals surface area contributed by atoms with Crippen LogP contribution in [0.1, 0.15) is 33.1 Å². The third-order valence-corrected chi connectivity index (χ3v) is 2.73. The SMILES string of the molecule is CNC1CCC(NC(C)C)C(F)C1. The summed E-state index contributed by atoms with van der Waals surface area (Å²) in [5, 5.41) is 6.41. The standard InChI is InChI=1S/C10H21FN2/c1-7(2)13-10-5-4-8(12-3)6-9(10)11/h7-10,12-13H,4-6H2,1-3H3. The van der Waals surface area contributed by atoms with E-state index < -0.39 is 6.17 Å². The molecule has 1 fully saturated rings. The maximum Gasteiger partial charge on any atom is 0.117 e. The Morgan fingerprint density at radius 2 is 2.00 bits per heavy atom. The molecule has 0 aromatic carbocycles. The molecule has 0 bridgehead atoms. The van der Waals surface area contributed by atoms with E-state index in [1.54, 1.807) is 0 Å². The monoisotopic (exact) mass is 188 g/mol. The van der Waals surface area contributed by atoms with Gasteiger partial charge in [0.1, 0.15) is 6.17 Å². The zero-order chi connectivity index (χ0) is 9.84. The molecule has 1 saturated carbocycles. The van der Waals surface area contributed by atoms with Gasteiger partial charge in [0.2, 0.25) is 0 Å². The first-order chi connectivity index (χ1) is 6.13. The molecule has 1 aliphatic carbocycles. The molecule has 0 aliphatic heterocycles. The van der Waals surface area contributed by atoms with Gasteiger partial charge in [-0.2, -0.15) is 0 Å². The molecule has 3 heteroatoms. The van der Waals surface area contributed by atoms with Crippen LogP contribution in [0.25, 0.3) is 0 Å². The normalized spacial score (nSPS) is 35.3. The van der Waals surface area contributed by atoms with E-state index >= 15 is 0 Å². The first-order valence-electron chi connectivity index (χ1n) is 5.21. The van der Waals surface area contributed by atoms with Gasteiger partial charge in [-0.05, 0) is 26.3 Å². The minimum atomic E-state index is -0.686. The zero-order valence-electron chi connectivity index (χ0n) is 8.81. The summed E-state index contributed by atoms with van der Waals surface area (Å²) in [7, 11) is 1.91. The summed E-state index contributed by atoms with van der Waals surface area (Å²) in [5.41, 5.74) is 0. The summed E-state index contributed by atoms with van der Waals surface area (Å²) in [4.78, 5) is 0. The minimum absolute atomic E-state index is 0.0737. The fourth-order valence-electron chi connectivity index (χ4n) is 1.99. The summed E-state index contributed by atoms with van der Waals surface area (Å²) in [6.45, 7) is 4.13. The van der Waals surface area contributed by atoms with E-state index in [0.717, 1.165) is 12.8 Å². The molecule has 2 N–H and O–H groups in total. The Kier molecular flexibility index (Phi) is 4.13. The van der Waals surface area contributed by atoms with Crippen molar-refractivity contribution >= 4 is 0 Å². The van der Waals surface area contributed by atoms with Gasteiger partial charge in [-0.15, -0.1) is 0 Å². The molecule has 1 rings (SSSR count). The Morgan fingerprint density at radius 3 is 2.46 bits per heavy atom. The molecular weight excluding hydrogens is 167 g/mol. The molecule has 0 radical (unpaired) electrons. The third-order valence-electron chi connectivity index (χ3n) is 2.73. The van der Waals surface area contributed by atoms with Crippen LogP contribution in [0.15, 0.2) is 0 Å². The van der Waals surface area contributed by atoms with E-state index in [4.69, 9.17) is 0 Å². The lowest BCUT2D eigenvalue weighted by molar-refractivity contribution is 0.159. The van der Waals surface area contributed by atoms with Gasteiger partial charge in [0.15, 0.2) is 0 Å². The van der Waals surface area contributed by atoms with Crippen molar-refractivity contribution in [3.63, 3.8) is 0 Å². The van der Waals surface area contributed by atoms with E-state index in [1.165, 1.54) is 0 Å². The van der Waals surface area contributed by atoms with Crippen LogP contribution in [0.5, 0.6) is 0 Å². The lowest BCUT2D eigenvalue weighted by Crippen LogP contribution is -2.48. The molecule has 2 nitrogen and oxygen atoms in total. The van der Waals surface area contributed by atoms with Crippen molar-refractivity contribution in [2.24, 2.45) is 0 Å². The van der Waals surface area contributed by atoms with Crippen LogP contribution in [0.4, 0.5) is 4.39 Å². The Bertz CT molecular complexity index is 150. The van der Waals surface area contributed by atoms with Gasteiger partial charge in [0.25, 0.3) is 0 Å². The van der Waals surface area contributed by atoms with Crippen LogP contribution in [0.2, 0.25) is 0 Å². The molecular formula is C10H21FN2. The zero-order valence-corrected chi connectivity index (χ0v) is 8.81. The van der Waals surface area contributed by atoms with Crippen molar-refractivity contribution < 1.29 is 4.39 Å². The number of hydrogen-bond acceptors (Lipinski definition) is 2. The first-order valence-corrected chi connectivity index (χ1v) is 5.21. The Morgan fingerprint density at radius 1 is 1.31 bits per heavy atom. The highest BCUT2D eigenvalue weighted by Gasteiger charge is 2.29. The van der Waals surface area contributed by atoms with Crippen molar-refractivity contribution in [1.82, 2.24) is 10.6 Å². The Balaban J connectivity index is 2.35. The summed E-state index contributed by atoms with van der Waals surface area (Å²) >= 11 is 0. The van der Waals surface area contributed by atoms with Gasteiger partial charge in [0.05, 0.1) is 0 Å². The molecule has 0 spiro atoms. The summed E-state index contributed by atoms with van der Waals surface area (Å²) in [5.74, 6) is 0. The predicted octanol–water partition coefficient (Wildman–Crippen LogP) is 1.46. The highest BCUT2D eigenvalue weighted by atomic mass is 19.1. The van der Waals surface area contributed by atoms with Gasteiger partial charge in [-0.3, -0.25) is 0 Å². The van der Waals surface area contributed by atoms with Crippen LogP contribution in [0, 0.1) is 0 Å². The molecule has 3 atom stereocenters. The average Bonchev–Trinajstić information content (AvgIpc) is 2.08. The molecule has 3 unspecified atom stereocenters. The lowest BCUT2D eigenvalue weighted by Gasteiger charge is -2.33. The molecule has 0 saturated heterocycles. The fourth-order valence-corrected chi connectivity index (χ4v) is 1.99. The van der Waals surface area contributed by atoms with Gasteiger partial charge in [-0.1, -0.05) is 13.8 Å². The van der Waals surface area contributed by atoms with E-state index in [0.29, 0.717) is 18.5 Å². The molecule has 0 heterocycles. The number of alkyl halides is 1. The van der Waals surface area contributed by atoms with Crippen LogP contribution in [-0.4, -0.2) is 31.3 Å². The van der Waals surface area contributed by atoms with E-state index in [1.807, 2.05) is 7.05 Å². The van der Waals surface area contributed by atoms with Crippen LogP contribution in [0.3, 0.4) is 0 Å². The average molecular weight is 188 g/mol. The van der Waals surface area contributed by atoms with E-state index in [9.17, 15) is 4.39 Å². The molecule has 78 valence electrons. The second-order valence-electron chi connectivity index (χ2n) is 4.24. The molecule has 13 heavy (non-hydrogen) atoms. The van der Waals surface area contributed by atoms with Crippen molar-refractivity contribution in [3.8, 4) is 0 Å². The number of rotatable bonds is 3. The largest absolute Gasteiger partial charge is 0.317 e. The van der Waals surface area contributed by atoms with Gasteiger partial charge < -0.3 is 10.6 Å². The van der Waals surface area contributed by atoms with Crippen LogP contribution in [-0.2, 0) is 0 Å². The molecule has 0 amide bonds. The minimum Gasteiger partial charge on any atom is -0.317 e. The summed E-state index contributed by atoms with van der Waals surface area (Å²) < 4.78 is 13.5. The second-order valence-corrected chi connectivity index (χ2v) is 4.24. The molecule has 0 aromatic rings. The molecule has 1 aliphatic rings. The smallest absolute Gasteiger partial charge is 0.117 e. The van der Waals surface area contributed by atoms with Crippen molar-refractivity contribution in [3.05, 3.63) is 0 Å². The van der Waals surface area contributed by atoms with Crippen LogP contribution >= 0.6 is 0 Å². The van der Waals surface area contributed by atoms with E-state index in [-0.39, 0.29) is 6.04 Å². The highest BCUT2D eigenvalue weighted by molar-refractivity contribution is 4.88. The Hall–Kier alpha value is -0.150. The predicted molar refractivity (Wildman–Crippen MR) is 53.7 cm³/mol. The summed E-state index contributed by atoms with van der Waals surface area (Å²) in [6.07, 6.45) is 2.00. The third kappa shape index (κ3) is 3.24. The maximum absolute atomic E-state index is 13.5. The van der Waals surface area contributed by atoms with Gasteiger partial charge in [-0.25, -0.2) is 4.39 Å². The Labute approximate surface area is 80.3 Å². The van der Waals surface area contributed by atoms with Crippen molar-refractivity contribution in [1.29, 1.82) is 0 Å². The molecule has 0 aromatic heterocycles. The fraction of sp³-hybridized carbons (Fsp3) is 1.00. The van der Waals surface area contributed by atoms with Crippen molar-refractivity contribution in [2.45, 2.75) is 57.4 Å². The highest BCUT2D eigenvalue weighted by Crippen LogP contribution is 2.21. The topological polar surface area (TPSA) is 24.1 Å².